The van der Waals surface area contributed by atoms with Gasteiger partial charge in [0.2, 0.25) is 0 Å². The van der Waals surface area contributed by atoms with Crippen molar-refractivity contribution in [2.45, 2.75) is 25.8 Å². The number of rotatable bonds is 2. The number of hydrogen-bond donors (Lipinski definition) is 1. The molecule has 1 N–H and O–H groups in total. The summed E-state index contributed by atoms with van der Waals surface area (Å²) in [7, 11) is 4.21. The van der Waals surface area contributed by atoms with Gasteiger partial charge in [0.25, 0.3) is 0 Å². The van der Waals surface area contributed by atoms with E-state index in [1.807, 2.05) is 11.8 Å². The summed E-state index contributed by atoms with van der Waals surface area (Å²) in [6, 6.07) is 0.727. The summed E-state index contributed by atoms with van der Waals surface area (Å²) >= 11 is 0. The fraction of sp³-hybridized carbons (Fsp3) is 0.900. The maximum absolute atomic E-state index is 11.5. The molecule has 1 saturated heterocycles. The van der Waals surface area contributed by atoms with E-state index in [4.69, 9.17) is 0 Å². The number of likely N-dealkylation sites (tertiary alicyclic amines) is 1. The van der Waals surface area contributed by atoms with Gasteiger partial charge in [-0.05, 0) is 33.9 Å². The molecular formula is C10H21N3O. The molecule has 1 heterocycles. The molecular weight excluding hydrogens is 178 g/mol. The maximum Gasteiger partial charge on any atom is 0.317 e. The van der Waals surface area contributed by atoms with Gasteiger partial charge >= 0.3 is 6.03 Å². The average Bonchev–Trinajstić information content (AvgIpc) is 2.18. The first-order valence-electron chi connectivity index (χ1n) is 5.34. The van der Waals surface area contributed by atoms with Crippen molar-refractivity contribution in [2.24, 2.45) is 0 Å². The largest absolute Gasteiger partial charge is 0.338 e. The van der Waals surface area contributed by atoms with Crippen molar-refractivity contribution < 1.29 is 4.79 Å². The van der Waals surface area contributed by atoms with Crippen LogP contribution < -0.4 is 5.32 Å². The number of hydrogen-bond acceptors (Lipinski definition) is 2. The van der Waals surface area contributed by atoms with Gasteiger partial charge in [-0.1, -0.05) is 0 Å². The zero-order chi connectivity index (χ0) is 10.6. The van der Waals surface area contributed by atoms with Crippen LogP contribution in [0.25, 0.3) is 0 Å². The van der Waals surface area contributed by atoms with E-state index in [1.54, 1.807) is 0 Å². The van der Waals surface area contributed by atoms with Crippen molar-refractivity contribution in [1.82, 2.24) is 15.1 Å². The first-order chi connectivity index (χ1) is 6.65. The number of piperidine rings is 1. The summed E-state index contributed by atoms with van der Waals surface area (Å²) in [5, 5.41) is 2.83. The fourth-order valence-corrected chi connectivity index (χ4v) is 1.85. The zero-order valence-electron chi connectivity index (χ0n) is 9.42. The standard InChI is InChI=1S/C10H21N3O/c1-4-11-10(14)13-7-5-9(6-8-13)12(2)3/h9H,4-8H2,1-3H3,(H,11,14). The van der Waals surface area contributed by atoms with Crippen LogP contribution in [0.2, 0.25) is 0 Å². The Balaban J connectivity index is 2.31. The fourth-order valence-electron chi connectivity index (χ4n) is 1.85. The highest BCUT2D eigenvalue weighted by Crippen LogP contribution is 2.13. The van der Waals surface area contributed by atoms with Gasteiger partial charge in [0.1, 0.15) is 0 Å². The molecule has 1 aliphatic rings. The Bertz CT molecular complexity index is 186. The van der Waals surface area contributed by atoms with Crippen molar-refractivity contribution in [3.05, 3.63) is 0 Å². The second-order valence-electron chi connectivity index (χ2n) is 4.02. The van der Waals surface area contributed by atoms with Crippen LogP contribution in [0, 0.1) is 0 Å². The van der Waals surface area contributed by atoms with E-state index in [9.17, 15) is 4.79 Å². The maximum atomic E-state index is 11.5. The highest BCUT2D eigenvalue weighted by atomic mass is 16.2. The van der Waals surface area contributed by atoms with Crippen LogP contribution in [0.3, 0.4) is 0 Å². The van der Waals surface area contributed by atoms with E-state index >= 15 is 0 Å². The van der Waals surface area contributed by atoms with E-state index in [2.05, 4.69) is 24.3 Å². The van der Waals surface area contributed by atoms with Gasteiger partial charge < -0.3 is 15.1 Å². The number of carbonyl (C=O) groups excluding carboxylic acids is 1. The number of nitrogens with zero attached hydrogens (tertiary/aromatic N) is 2. The lowest BCUT2D eigenvalue weighted by Gasteiger charge is -2.35. The zero-order valence-corrected chi connectivity index (χ0v) is 9.42. The molecule has 4 nitrogen and oxygen atoms in total. The minimum absolute atomic E-state index is 0.0877. The molecule has 1 aliphatic heterocycles. The number of carbonyl (C=O) groups is 1. The highest BCUT2D eigenvalue weighted by molar-refractivity contribution is 5.74. The Morgan fingerprint density at radius 3 is 2.43 bits per heavy atom. The third kappa shape index (κ3) is 2.87. The molecule has 0 aromatic heterocycles. The summed E-state index contributed by atoms with van der Waals surface area (Å²) in [5.74, 6) is 0. The van der Waals surface area contributed by atoms with Gasteiger partial charge in [0.05, 0.1) is 0 Å². The molecule has 2 amide bonds. The lowest BCUT2D eigenvalue weighted by Crippen LogP contribution is -2.48. The molecule has 14 heavy (non-hydrogen) atoms. The summed E-state index contributed by atoms with van der Waals surface area (Å²) in [6.07, 6.45) is 2.17. The van der Waals surface area contributed by atoms with Crippen molar-refractivity contribution in [3.8, 4) is 0 Å². The molecule has 0 unspecified atom stereocenters. The lowest BCUT2D eigenvalue weighted by atomic mass is 10.0. The molecule has 0 atom stereocenters. The van der Waals surface area contributed by atoms with Crippen LogP contribution in [0.5, 0.6) is 0 Å². The second-order valence-corrected chi connectivity index (χ2v) is 4.02. The van der Waals surface area contributed by atoms with Gasteiger partial charge in [-0.25, -0.2) is 4.79 Å². The molecule has 0 aliphatic carbocycles. The molecule has 0 aromatic carbocycles. The normalized spacial score (nSPS) is 18.7. The van der Waals surface area contributed by atoms with Gasteiger partial charge in [-0.15, -0.1) is 0 Å². The van der Waals surface area contributed by atoms with E-state index in [-0.39, 0.29) is 6.03 Å². The van der Waals surface area contributed by atoms with Crippen LogP contribution >= 0.6 is 0 Å². The van der Waals surface area contributed by atoms with Crippen LogP contribution in [-0.4, -0.2) is 55.6 Å². The van der Waals surface area contributed by atoms with Gasteiger partial charge in [0, 0.05) is 25.7 Å². The van der Waals surface area contributed by atoms with Crippen molar-refractivity contribution in [1.29, 1.82) is 0 Å². The van der Waals surface area contributed by atoms with Crippen LogP contribution in [0.15, 0.2) is 0 Å². The van der Waals surface area contributed by atoms with Crippen LogP contribution in [0.1, 0.15) is 19.8 Å². The molecule has 0 radical (unpaired) electrons. The molecule has 0 aromatic rings. The minimum atomic E-state index is 0.0877. The summed E-state index contributed by atoms with van der Waals surface area (Å²) in [5.41, 5.74) is 0. The van der Waals surface area contributed by atoms with E-state index in [1.165, 1.54) is 0 Å². The van der Waals surface area contributed by atoms with Gasteiger partial charge in [-0.2, -0.15) is 0 Å². The first-order valence-corrected chi connectivity index (χ1v) is 5.34. The lowest BCUT2D eigenvalue weighted by molar-refractivity contribution is 0.148. The summed E-state index contributed by atoms with van der Waals surface area (Å²) in [4.78, 5) is 15.6. The quantitative estimate of drug-likeness (QED) is 0.712. The minimum Gasteiger partial charge on any atom is -0.338 e. The third-order valence-corrected chi connectivity index (χ3v) is 2.81. The van der Waals surface area contributed by atoms with Crippen molar-refractivity contribution in [2.75, 3.05) is 33.7 Å². The summed E-state index contributed by atoms with van der Waals surface area (Å²) < 4.78 is 0. The van der Waals surface area contributed by atoms with E-state index < -0.39 is 0 Å². The molecule has 82 valence electrons. The molecule has 4 heteroatoms. The molecule has 0 bridgehead atoms. The smallest absolute Gasteiger partial charge is 0.317 e. The first kappa shape index (κ1) is 11.3. The highest BCUT2D eigenvalue weighted by Gasteiger charge is 2.23. The third-order valence-electron chi connectivity index (χ3n) is 2.81. The Hall–Kier alpha value is -0.770. The average molecular weight is 199 g/mol. The Morgan fingerprint density at radius 1 is 1.43 bits per heavy atom. The van der Waals surface area contributed by atoms with Crippen molar-refractivity contribution >= 4 is 6.03 Å². The monoisotopic (exact) mass is 199 g/mol. The predicted molar refractivity (Wildman–Crippen MR) is 57.4 cm³/mol. The Labute approximate surface area is 86.2 Å². The van der Waals surface area contributed by atoms with Crippen LogP contribution in [0.4, 0.5) is 4.79 Å². The molecule has 1 fully saturated rings. The molecule has 0 saturated carbocycles. The SMILES string of the molecule is CCNC(=O)N1CCC(N(C)C)CC1. The molecule has 1 rings (SSSR count). The second kappa shape index (κ2) is 5.20. The Morgan fingerprint density at radius 2 is 2.00 bits per heavy atom. The topological polar surface area (TPSA) is 35.6 Å². The van der Waals surface area contributed by atoms with Gasteiger partial charge in [-0.3, -0.25) is 0 Å². The van der Waals surface area contributed by atoms with E-state index in [0.717, 1.165) is 25.9 Å². The number of urea groups is 1. The predicted octanol–water partition coefficient (Wildman–Crippen LogP) is 0.742. The summed E-state index contributed by atoms with van der Waals surface area (Å²) in [6.45, 7) is 4.43. The number of amides is 2. The van der Waals surface area contributed by atoms with Crippen LogP contribution in [-0.2, 0) is 0 Å². The Kier molecular flexibility index (Phi) is 4.20. The van der Waals surface area contributed by atoms with E-state index in [0.29, 0.717) is 12.6 Å². The van der Waals surface area contributed by atoms with Crippen molar-refractivity contribution in [3.63, 3.8) is 0 Å². The number of nitrogens with one attached hydrogen (secondary N) is 1. The van der Waals surface area contributed by atoms with Gasteiger partial charge in [0.15, 0.2) is 0 Å². The molecule has 0 spiro atoms.